The molecule has 1 amide bonds. The number of hydrogen-bond donors (Lipinski definition) is 3. The number of aliphatic hydroxyl groups is 1. The van der Waals surface area contributed by atoms with E-state index in [9.17, 15) is 19.9 Å². The third-order valence-corrected chi connectivity index (χ3v) is 5.40. The van der Waals surface area contributed by atoms with Crippen LogP contribution in [0.15, 0.2) is 33.9 Å². The van der Waals surface area contributed by atoms with E-state index in [4.69, 9.17) is 5.11 Å². The number of allylic oxidation sites excluding steroid dienone is 2. The Morgan fingerprint density at radius 2 is 1.95 bits per heavy atom. The summed E-state index contributed by atoms with van der Waals surface area (Å²) in [7, 11) is 0. The second-order valence-corrected chi connectivity index (χ2v) is 6.54. The lowest BCUT2D eigenvalue weighted by Crippen LogP contribution is -2.49. The summed E-state index contributed by atoms with van der Waals surface area (Å²) in [6.45, 7) is 5.03. The molecular weight excluding hydrogens is 286 g/mol. The monoisotopic (exact) mass is 305 g/mol. The Morgan fingerprint density at radius 3 is 2.45 bits per heavy atom. The number of ketones is 1. The number of rotatable bonds is 2. The van der Waals surface area contributed by atoms with E-state index >= 15 is 0 Å². The van der Waals surface area contributed by atoms with Crippen molar-refractivity contribution in [2.75, 3.05) is 6.54 Å². The third kappa shape index (κ3) is 1.68. The fraction of sp³-hybridized carbons (Fsp3) is 0.500. The van der Waals surface area contributed by atoms with Gasteiger partial charge in [-0.2, -0.15) is 5.06 Å². The Kier molecular flexibility index (Phi) is 2.93. The number of carbonyl (C=O) groups is 2. The van der Waals surface area contributed by atoms with Crippen LogP contribution in [0.1, 0.15) is 33.6 Å². The molecule has 3 aliphatic carbocycles. The van der Waals surface area contributed by atoms with Crippen molar-refractivity contribution in [1.29, 1.82) is 0 Å². The molecule has 6 nitrogen and oxygen atoms in total. The van der Waals surface area contributed by atoms with Crippen molar-refractivity contribution in [3.05, 3.63) is 33.9 Å². The molecule has 1 atom stereocenters. The zero-order valence-electron chi connectivity index (χ0n) is 12.8. The Morgan fingerprint density at radius 1 is 1.36 bits per heavy atom. The Labute approximate surface area is 128 Å². The average molecular weight is 305 g/mol. The highest BCUT2D eigenvalue weighted by Crippen LogP contribution is 2.64. The van der Waals surface area contributed by atoms with Crippen LogP contribution in [0.4, 0.5) is 4.79 Å². The van der Waals surface area contributed by atoms with Gasteiger partial charge in [0, 0.05) is 11.0 Å². The predicted octanol–water partition coefficient (Wildman–Crippen LogP) is 2.04. The fourth-order valence-corrected chi connectivity index (χ4v) is 3.83. The molecule has 0 saturated heterocycles. The summed E-state index contributed by atoms with van der Waals surface area (Å²) in [4.78, 5) is 23.5. The number of hydrogen-bond acceptors (Lipinski definition) is 4. The molecule has 22 heavy (non-hydrogen) atoms. The third-order valence-electron chi connectivity index (χ3n) is 5.40. The first kappa shape index (κ1) is 15.0. The van der Waals surface area contributed by atoms with Gasteiger partial charge >= 0.3 is 6.09 Å². The van der Waals surface area contributed by atoms with Gasteiger partial charge in [-0.1, -0.05) is 5.57 Å². The molecular formula is C16H19NO5. The second kappa shape index (κ2) is 4.30. The molecule has 0 aromatic heterocycles. The summed E-state index contributed by atoms with van der Waals surface area (Å²) in [5.74, 6) is -0.320. The summed E-state index contributed by atoms with van der Waals surface area (Å²) < 4.78 is 0. The summed E-state index contributed by atoms with van der Waals surface area (Å²) in [6.07, 6.45) is 1.71. The molecule has 0 aromatic carbocycles. The predicted molar refractivity (Wildman–Crippen MR) is 77.3 cm³/mol. The van der Waals surface area contributed by atoms with E-state index in [2.05, 4.69) is 0 Å². The summed E-state index contributed by atoms with van der Waals surface area (Å²) in [5.41, 5.74) is 1.44. The first-order valence-corrected chi connectivity index (χ1v) is 7.23. The summed E-state index contributed by atoms with van der Waals surface area (Å²) in [5, 5.41) is 29.3. The minimum atomic E-state index is -1.44. The Hall–Kier alpha value is -1.92. The molecule has 3 aliphatic rings. The van der Waals surface area contributed by atoms with Crippen LogP contribution in [-0.4, -0.2) is 44.5 Å². The van der Waals surface area contributed by atoms with E-state index in [1.54, 1.807) is 19.9 Å². The van der Waals surface area contributed by atoms with Gasteiger partial charge in [-0.15, -0.1) is 0 Å². The lowest BCUT2D eigenvalue weighted by molar-refractivity contribution is -0.137. The molecule has 0 aliphatic heterocycles. The maximum Gasteiger partial charge on any atom is 0.431 e. The molecule has 0 radical (unpaired) electrons. The maximum atomic E-state index is 12.7. The topological polar surface area (TPSA) is 98.1 Å². The van der Waals surface area contributed by atoms with E-state index in [0.717, 1.165) is 24.0 Å². The summed E-state index contributed by atoms with van der Waals surface area (Å²) >= 11 is 0. The van der Waals surface area contributed by atoms with Crippen LogP contribution >= 0.6 is 0 Å². The number of carboxylic acid groups (broad SMARTS) is 1. The van der Waals surface area contributed by atoms with E-state index in [-0.39, 0.29) is 17.4 Å². The van der Waals surface area contributed by atoms with Crippen LogP contribution in [-0.2, 0) is 4.79 Å². The zero-order chi connectivity index (χ0) is 16.4. The van der Waals surface area contributed by atoms with E-state index in [1.807, 2.05) is 6.92 Å². The van der Waals surface area contributed by atoms with Gasteiger partial charge in [-0.25, -0.2) is 4.79 Å². The Balaban J connectivity index is 2.10. The standard InChI is InChI=1S/C16H19NO5/c1-8-6-10-12(11(8)7-17(22)14(19)20)9(2)16(4-5-16)15(3,21)13(10)18/h6,21-22H,4-5,7H2,1-3H3,(H,19,20)/t15-/m0/s1. The van der Waals surface area contributed by atoms with Crippen molar-refractivity contribution in [1.82, 2.24) is 5.06 Å². The molecule has 0 aromatic rings. The first-order chi connectivity index (χ1) is 10.1. The lowest BCUT2D eigenvalue weighted by Gasteiger charge is -2.39. The quantitative estimate of drug-likeness (QED) is 0.536. The van der Waals surface area contributed by atoms with Crippen molar-refractivity contribution in [2.45, 2.75) is 39.2 Å². The molecule has 1 fully saturated rings. The van der Waals surface area contributed by atoms with Crippen LogP contribution in [0.5, 0.6) is 0 Å². The van der Waals surface area contributed by atoms with Crippen molar-refractivity contribution in [3.63, 3.8) is 0 Å². The minimum Gasteiger partial charge on any atom is -0.463 e. The molecule has 1 saturated carbocycles. The smallest absolute Gasteiger partial charge is 0.431 e. The number of fused-ring (bicyclic) bond motifs is 1. The number of hydroxylamine groups is 2. The van der Waals surface area contributed by atoms with Crippen LogP contribution in [0.3, 0.4) is 0 Å². The zero-order valence-corrected chi connectivity index (χ0v) is 12.8. The molecule has 0 unspecified atom stereocenters. The normalized spacial score (nSPS) is 29.0. The number of amides is 1. The van der Waals surface area contributed by atoms with Crippen molar-refractivity contribution in [3.8, 4) is 0 Å². The van der Waals surface area contributed by atoms with E-state index in [0.29, 0.717) is 16.7 Å². The van der Waals surface area contributed by atoms with Gasteiger partial charge in [0.05, 0.1) is 6.54 Å². The lowest BCUT2D eigenvalue weighted by atomic mass is 9.67. The van der Waals surface area contributed by atoms with Crippen LogP contribution < -0.4 is 0 Å². The van der Waals surface area contributed by atoms with Crippen LogP contribution in [0.2, 0.25) is 0 Å². The first-order valence-electron chi connectivity index (χ1n) is 7.23. The van der Waals surface area contributed by atoms with Crippen molar-refractivity contribution in [2.24, 2.45) is 5.41 Å². The largest absolute Gasteiger partial charge is 0.463 e. The molecule has 1 spiro atoms. The van der Waals surface area contributed by atoms with Crippen LogP contribution in [0.25, 0.3) is 0 Å². The SMILES string of the molecule is CC1=C(CN(O)C(=O)O)C2=C(C)C3(CC3)[C@@](C)(O)C(=O)C2=C1. The highest BCUT2D eigenvalue weighted by molar-refractivity contribution is 6.10. The van der Waals surface area contributed by atoms with Gasteiger partial charge in [-0.05, 0) is 56.4 Å². The summed E-state index contributed by atoms with van der Waals surface area (Å²) in [6, 6.07) is 0. The van der Waals surface area contributed by atoms with Gasteiger partial charge in [0.15, 0.2) is 5.78 Å². The van der Waals surface area contributed by atoms with Gasteiger partial charge in [0.1, 0.15) is 5.60 Å². The molecule has 0 heterocycles. The molecule has 0 bridgehead atoms. The average Bonchev–Trinajstić information content (AvgIpc) is 3.18. The number of Topliss-reactive ketones (excluding diaryl/α,β-unsaturated/α-hetero) is 1. The van der Waals surface area contributed by atoms with Gasteiger partial charge in [-0.3, -0.25) is 10.0 Å². The number of carbonyl (C=O) groups excluding carboxylic acids is 1. The minimum absolute atomic E-state index is 0.195. The highest BCUT2D eigenvalue weighted by atomic mass is 16.6. The van der Waals surface area contributed by atoms with Gasteiger partial charge < -0.3 is 10.2 Å². The maximum absolute atomic E-state index is 12.7. The molecule has 3 rings (SSSR count). The van der Waals surface area contributed by atoms with E-state index < -0.39 is 17.1 Å². The van der Waals surface area contributed by atoms with Gasteiger partial charge in [0.25, 0.3) is 0 Å². The van der Waals surface area contributed by atoms with Crippen molar-refractivity contribution < 1.29 is 25.0 Å². The van der Waals surface area contributed by atoms with Gasteiger partial charge in [0.2, 0.25) is 0 Å². The van der Waals surface area contributed by atoms with Crippen LogP contribution in [0, 0.1) is 5.41 Å². The second-order valence-electron chi connectivity index (χ2n) is 6.54. The Bertz CT molecular complexity index is 691. The fourth-order valence-electron chi connectivity index (χ4n) is 3.83. The van der Waals surface area contributed by atoms with E-state index in [1.165, 1.54) is 0 Å². The molecule has 6 heteroatoms. The van der Waals surface area contributed by atoms with Crippen molar-refractivity contribution >= 4 is 11.9 Å². The highest BCUT2D eigenvalue weighted by Gasteiger charge is 2.65. The number of nitrogens with zero attached hydrogens (tertiary/aromatic N) is 1. The molecule has 3 N–H and O–H groups in total. The molecule has 118 valence electrons.